The summed E-state index contributed by atoms with van der Waals surface area (Å²) in [5.74, 6) is 0.256. The molecule has 2 aromatic rings. The van der Waals surface area contributed by atoms with Gasteiger partial charge in [0.1, 0.15) is 34.4 Å². The minimum atomic E-state index is -0.746. The summed E-state index contributed by atoms with van der Waals surface area (Å²) in [6, 6.07) is 11.7. The Morgan fingerprint density at radius 1 is 1.20 bits per heavy atom. The molecule has 1 atom stereocenters. The average molecular weight is 493 g/mol. The maximum atomic E-state index is 13.1. The Morgan fingerprint density at radius 2 is 1.94 bits per heavy atom. The molecule has 1 aromatic carbocycles. The van der Waals surface area contributed by atoms with Crippen LogP contribution >= 0.6 is 11.8 Å². The Morgan fingerprint density at radius 3 is 2.57 bits per heavy atom. The van der Waals surface area contributed by atoms with Crippen LogP contribution in [-0.4, -0.2) is 35.7 Å². The van der Waals surface area contributed by atoms with Gasteiger partial charge in [-0.25, -0.2) is 14.6 Å². The fourth-order valence-corrected chi connectivity index (χ4v) is 4.84. The van der Waals surface area contributed by atoms with Gasteiger partial charge >= 0.3 is 11.9 Å². The Labute approximate surface area is 206 Å². The van der Waals surface area contributed by atoms with E-state index in [9.17, 15) is 14.9 Å². The van der Waals surface area contributed by atoms with Gasteiger partial charge in [-0.05, 0) is 49.4 Å². The van der Waals surface area contributed by atoms with Crippen LogP contribution in [0.15, 0.2) is 67.8 Å². The molecule has 3 heterocycles. The Balaban J connectivity index is 1.80. The van der Waals surface area contributed by atoms with E-state index in [1.807, 2.05) is 6.92 Å². The van der Waals surface area contributed by atoms with E-state index in [0.717, 1.165) is 12.0 Å². The van der Waals surface area contributed by atoms with Gasteiger partial charge < -0.3 is 19.6 Å². The molecule has 10 heteroatoms. The molecule has 0 saturated heterocycles. The highest BCUT2D eigenvalue weighted by molar-refractivity contribution is 8.17. The van der Waals surface area contributed by atoms with Gasteiger partial charge in [-0.1, -0.05) is 25.5 Å². The third-order valence-electron chi connectivity index (χ3n) is 5.54. The molecule has 35 heavy (non-hydrogen) atoms. The van der Waals surface area contributed by atoms with Crippen molar-refractivity contribution < 1.29 is 23.5 Å². The van der Waals surface area contributed by atoms with Crippen molar-refractivity contribution in [3.05, 3.63) is 69.7 Å². The standard InChI is InChI=1S/C25H24N4O5S/c1-4-6-16-20(24(31)33-5-2)21(29-22(27)19(13-26)35-25(29)28-16)18-12-11-17(34-18)14-7-9-15(10-8-14)23(30)32-3/h7-12,21H,4-6,27H2,1-3H3/t21-/m0/s1. The van der Waals surface area contributed by atoms with Crippen LogP contribution in [0, 0.1) is 11.3 Å². The van der Waals surface area contributed by atoms with Crippen LogP contribution in [0.2, 0.25) is 0 Å². The molecule has 0 radical (unpaired) electrons. The fraction of sp³-hybridized carbons (Fsp3) is 0.280. The predicted octanol–water partition coefficient (Wildman–Crippen LogP) is 4.46. The summed E-state index contributed by atoms with van der Waals surface area (Å²) in [4.78, 5) is 31.5. The van der Waals surface area contributed by atoms with Crippen molar-refractivity contribution in [1.82, 2.24) is 4.90 Å². The number of furan rings is 1. The zero-order chi connectivity index (χ0) is 25.1. The summed E-state index contributed by atoms with van der Waals surface area (Å²) < 4.78 is 16.3. The molecule has 2 aliphatic heterocycles. The normalized spacial score (nSPS) is 17.1. The number of fused-ring (bicyclic) bond motifs is 1. The molecule has 0 fully saturated rings. The molecular formula is C25H24N4O5S. The van der Waals surface area contributed by atoms with Crippen LogP contribution in [0.4, 0.5) is 0 Å². The zero-order valence-electron chi connectivity index (χ0n) is 19.5. The van der Waals surface area contributed by atoms with Gasteiger partial charge in [-0.15, -0.1) is 0 Å². The highest BCUT2D eigenvalue weighted by Gasteiger charge is 2.44. The summed E-state index contributed by atoms with van der Waals surface area (Å²) >= 11 is 1.17. The first-order valence-corrected chi connectivity index (χ1v) is 11.9. The summed E-state index contributed by atoms with van der Waals surface area (Å²) in [6.07, 6.45) is 1.31. The van der Waals surface area contributed by atoms with Crippen molar-refractivity contribution in [2.24, 2.45) is 10.7 Å². The maximum absolute atomic E-state index is 13.1. The van der Waals surface area contributed by atoms with Crippen LogP contribution in [0.3, 0.4) is 0 Å². The number of methoxy groups -OCH3 is 1. The summed E-state index contributed by atoms with van der Waals surface area (Å²) in [7, 11) is 1.33. The molecule has 4 rings (SSSR count). The predicted molar refractivity (Wildman–Crippen MR) is 130 cm³/mol. The number of aliphatic imine (C=N–C) groups is 1. The summed E-state index contributed by atoms with van der Waals surface area (Å²) in [5.41, 5.74) is 8.40. The molecule has 0 saturated carbocycles. The molecule has 0 amide bonds. The molecule has 2 N–H and O–H groups in total. The van der Waals surface area contributed by atoms with Gasteiger partial charge in [0, 0.05) is 5.56 Å². The third-order valence-corrected chi connectivity index (χ3v) is 6.51. The third kappa shape index (κ3) is 4.42. The lowest BCUT2D eigenvalue weighted by atomic mass is 9.97. The highest BCUT2D eigenvalue weighted by atomic mass is 32.2. The number of rotatable bonds is 7. The SMILES string of the molecule is CCCC1=C(C(=O)OCC)[C@H](c2ccc(-c3ccc(C(=O)OC)cc3)o2)N2C(=N1)SC(C#N)=C2N. The molecule has 180 valence electrons. The average Bonchev–Trinajstić information content (AvgIpc) is 3.48. The highest BCUT2D eigenvalue weighted by Crippen LogP contribution is 2.47. The zero-order valence-corrected chi connectivity index (χ0v) is 20.3. The molecule has 2 aliphatic rings. The van der Waals surface area contributed by atoms with E-state index in [4.69, 9.17) is 19.6 Å². The number of carbonyl (C=O) groups excluding carboxylic acids is 2. The van der Waals surface area contributed by atoms with Crippen molar-refractivity contribution in [2.45, 2.75) is 32.7 Å². The smallest absolute Gasteiger partial charge is 0.338 e. The lowest BCUT2D eigenvalue weighted by Crippen LogP contribution is -2.38. The Hall–Kier alpha value is -3.97. The van der Waals surface area contributed by atoms with Gasteiger partial charge in [-0.3, -0.25) is 4.90 Å². The second kappa shape index (κ2) is 10.1. The van der Waals surface area contributed by atoms with Gasteiger partial charge in [-0.2, -0.15) is 5.26 Å². The number of hydrogen-bond donors (Lipinski definition) is 1. The second-order valence-corrected chi connectivity index (χ2v) is 8.67. The number of thioether (sulfide) groups is 1. The van der Waals surface area contributed by atoms with Gasteiger partial charge in [0.25, 0.3) is 0 Å². The van der Waals surface area contributed by atoms with Crippen molar-refractivity contribution in [3.8, 4) is 17.4 Å². The quantitative estimate of drug-likeness (QED) is 0.556. The van der Waals surface area contributed by atoms with E-state index in [0.29, 0.717) is 44.8 Å². The Kier molecular flexibility index (Phi) is 6.98. The number of ether oxygens (including phenoxy) is 2. The molecule has 0 bridgehead atoms. The summed E-state index contributed by atoms with van der Waals surface area (Å²) in [5, 5.41) is 10.1. The second-order valence-electron chi connectivity index (χ2n) is 7.70. The lowest BCUT2D eigenvalue weighted by molar-refractivity contribution is -0.139. The number of esters is 2. The number of nitrogens with zero attached hydrogens (tertiary/aromatic N) is 3. The van der Waals surface area contributed by atoms with Crippen molar-refractivity contribution in [2.75, 3.05) is 13.7 Å². The van der Waals surface area contributed by atoms with Gasteiger partial charge in [0.15, 0.2) is 5.17 Å². The number of nitrogens with two attached hydrogens (primary N) is 1. The number of allylic oxidation sites excluding steroid dienone is 2. The van der Waals surface area contributed by atoms with E-state index in [2.05, 4.69) is 11.1 Å². The van der Waals surface area contributed by atoms with E-state index < -0.39 is 18.0 Å². The first-order chi connectivity index (χ1) is 16.9. The number of nitriles is 1. The Bertz CT molecular complexity index is 1300. The number of hydrogen-bond acceptors (Lipinski definition) is 10. The number of carbonyl (C=O) groups is 2. The molecule has 9 nitrogen and oxygen atoms in total. The van der Waals surface area contributed by atoms with Crippen LogP contribution in [0.5, 0.6) is 0 Å². The topological polar surface area (TPSA) is 131 Å². The number of amidine groups is 1. The molecular weight excluding hydrogens is 468 g/mol. The molecule has 1 aromatic heterocycles. The van der Waals surface area contributed by atoms with Gasteiger partial charge in [0.2, 0.25) is 0 Å². The molecule has 0 unspecified atom stereocenters. The largest absolute Gasteiger partial charge is 0.465 e. The van der Waals surface area contributed by atoms with Crippen molar-refractivity contribution in [1.29, 1.82) is 5.26 Å². The van der Waals surface area contributed by atoms with E-state index in [1.54, 1.807) is 48.2 Å². The monoisotopic (exact) mass is 492 g/mol. The lowest BCUT2D eigenvalue weighted by Gasteiger charge is -2.33. The molecule has 0 spiro atoms. The van der Waals surface area contributed by atoms with E-state index in [-0.39, 0.29) is 12.4 Å². The van der Waals surface area contributed by atoms with Crippen molar-refractivity contribution >= 4 is 28.9 Å². The molecule has 0 aliphatic carbocycles. The van der Waals surface area contributed by atoms with Crippen molar-refractivity contribution in [3.63, 3.8) is 0 Å². The van der Waals surface area contributed by atoms with Crippen LogP contribution in [-0.2, 0) is 14.3 Å². The van der Waals surface area contributed by atoms with Crippen LogP contribution in [0.25, 0.3) is 11.3 Å². The van der Waals surface area contributed by atoms with Gasteiger partial charge in [0.05, 0.1) is 30.6 Å². The summed E-state index contributed by atoms with van der Waals surface area (Å²) in [6.45, 7) is 3.93. The van der Waals surface area contributed by atoms with E-state index in [1.165, 1.54) is 18.9 Å². The first kappa shape index (κ1) is 24.2. The fourth-order valence-electron chi connectivity index (χ4n) is 3.95. The minimum Gasteiger partial charge on any atom is -0.465 e. The number of benzene rings is 1. The van der Waals surface area contributed by atoms with Crippen LogP contribution < -0.4 is 5.73 Å². The van der Waals surface area contributed by atoms with Crippen LogP contribution in [0.1, 0.15) is 48.8 Å². The first-order valence-electron chi connectivity index (χ1n) is 11.1. The minimum absolute atomic E-state index is 0.199. The maximum Gasteiger partial charge on any atom is 0.338 e. The van der Waals surface area contributed by atoms with E-state index >= 15 is 0 Å².